The van der Waals surface area contributed by atoms with E-state index >= 15 is 0 Å². The van der Waals surface area contributed by atoms with Crippen molar-refractivity contribution in [2.75, 3.05) is 19.8 Å². The van der Waals surface area contributed by atoms with Gasteiger partial charge in [0, 0.05) is 0 Å². The first-order valence-corrected chi connectivity index (χ1v) is 4.92. The van der Waals surface area contributed by atoms with Gasteiger partial charge in [-0.15, -0.1) is 0 Å². The molecule has 0 heterocycles. The number of nitrogens with one attached hydrogen (secondary N) is 1. The van der Waals surface area contributed by atoms with Gasteiger partial charge in [0.25, 0.3) is 0 Å². The quantitative estimate of drug-likeness (QED) is 0.364. The van der Waals surface area contributed by atoms with E-state index in [1.807, 2.05) is 13.8 Å². The fourth-order valence-corrected chi connectivity index (χ4v) is 0.742. The van der Waals surface area contributed by atoms with Crippen molar-refractivity contribution in [2.24, 2.45) is 0 Å². The summed E-state index contributed by atoms with van der Waals surface area (Å²) in [5.41, 5.74) is -1.19. The third kappa shape index (κ3) is 5.51. The van der Waals surface area contributed by atoms with Crippen LogP contribution in [0.5, 0.6) is 0 Å². The van der Waals surface area contributed by atoms with E-state index in [0.29, 0.717) is 6.42 Å². The molecule has 1 atom stereocenters. The van der Waals surface area contributed by atoms with Gasteiger partial charge in [0.2, 0.25) is 0 Å². The molecule has 0 aromatic carbocycles. The molecule has 5 nitrogen and oxygen atoms in total. The summed E-state index contributed by atoms with van der Waals surface area (Å²) in [4.78, 5) is 0. The largest absolute Gasteiger partial charge is 0.394 e. The van der Waals surface area contributed by atoms with E-state index in [0.717, 1.165) is 0 Å². The van der Waals surface area contributed by atoms with Crippen molar-refractivity contribution in [3.8, 4) is 0 Å². The Morgan fingerprint density at radius 3 is 1.64 bits per heavy atom. The highest BCUT2D eigenvalue weighted by Crippen LogP contribution is 2.03. The first kappa shape index (κ1) is 16.2. The summed E-state index contributed by atoms with van der Waals surface area (Å²) in [7, 11) is 0. The lowest BCUT2D eigenvalue weighted by atomic mass is 10.0. The summed E-state index contributed by atoms with van der Waals surface area (Å²) < 4.78 is 0. The van der Waals surface area contributed by atoms with Crippen LogP contribution in [0.1, 0.15) is 27.2 Å². The molecule has 1 unspecified atom stereocenters. The summed E-state index contributed by atoms with van der Waals surface area (Å²) in [5, 5.41) is 38.2. The molecule has 5 N–H and O–H groups in total. The van der Waals surface area contributed by atoms with Crippen LogP contribution in [0, 0.1) is 0 Å². The lowest BCUT2D eigenvalue weighted by molar-refractivity contribution is -0.00577. The lowest BCUT2D eigenvalue weighted by Gasteiger charge is -2.31. The fourth-order valence-electron chi connectivity index (χ4n) is 0.742. The molecule has 0 spiro atoms. The van der Waals surface area contributed by atoms with Crippen LogP contribution in [0.3, 0.4) is 0 Å². The highest BCUT2D eigenvalue weighted by Gasteiger charge is 2.29. The van der Waals surface area contributed by atoms with Crippen LogP contribution in [-0.2, 0) is 0 Å². The predicted molar refractivity (Wildman–Crippen MR) is 54.8 cm³/mol. The molecule has 0 fully saturated rings. The number of hydrogen-bond acceptors (Lipinski definition) is 5. The monoisotopic (exact) mass is 209 g/mol. The Balaban J connectivity index is 0. The molecule has 0 saturated carbocycles. The maximum absolute atomic E-state index is 9.14. The van der Waals surface area contributed by atoms with Crippen molar-refractivity contribution in [3.63, 3.8) is 0 Å². The summed E-state index contributed by atoms with van der Waals surface area (Å²) >= 11 is 0. The average Bonchev–Trinajstić information content (AvgIpc) is 2.28. The highest BCUT2D eigenvalue weighted by molar-refractivity contribution is 4.86. The van der Waals surface area contributed by atoms with E-state index in [4.69, 9.17) is 20.4 Å². The molecule has 0 amide bonds. The maximum Gasteiger partial charge on any atom is 0.105 e. The van der Waals surface area contributed by atoms with Crippen molar-refractivity contribution >= 4 is 0 Å². The minimum Gasteiger partial charge on any atom is -0.394 e. The predicted octanol–water partition coefficient (Wildman–Crippen LogP) is -0.954. The van der Waals surface area contributed by atoms with Crippen molar-refractivity contribution in [3.05, 3.63) is 0 Å². The SMILES string of the molecule is CC.CCC(O)NC(CO)(CO)CO. The first-order valence-electron chi connectivity index (χ1n) is 4.92. The van der Waals surface area contributed by atoms with E-state index in [1.54, 1.807) is 6.92 Å². The summed E-state index contributed by atoms with van der Waals surface area (Å²) in [6.45, 7) is 4.49. The number of aliphatic hydroxyl groups excluding tert-OH is 4. The smallest absolute Gasteiger partial charge is 0.105 e. The number of hydrogen-bond donors (Lipinski definition) is 5. The Labute approximate surface area is 85.4 Å². The Morgan fingerprint density at radius 1 is 1.07 bits per heavy atom. The summed E-state index contributed by atoms with van der Waals surface area (Å²) in [6.07, 6.45) is -0.377. The molecule has 0 saturated heterocycles. The molecule has 0 bridgehead atoms. The Morgan fingerprint density at radius 2 is 1.43 bits per heavy atom. The second-order valence-electron chi connectivity index (χ2n) is 2.82. The van der Waals surface area contributed by atoms with Gasteiger partial charge in [-0.05, 0) is 6.42 Å². The topological polar surface area (TPSA) is 93.0 Å². The van der Waals surface area contributed by atoms with Crippen LogP contribution in [0.15, 0.2) is 0 Å². The average molecular weight is 209 g/mol. The van der Waals surface area contributed by atoms with Crippen LogP contribution in [0.4, 0.5) is 0 Å². The molecule has 88 valence electrons. The summed E-state index contributed by atoms with van der Waals surface area (Å²) in [5.74, 6) is 0. The van der Waals surface area contributed by atoms with Crippen LogP contribution >= 0.6 is 0 Å². The van der Waals surface area contributed by atoms with Crippen molar-refractivity contribution in [1.82, 2.24) is 5.32 Å². The van der Waals surface area contributed by atoms with Crippen LogP contribution in [0.25, 0.3) is 0 Å². The van der Waals surface area contributed by atoms with Crippen molar-refractivity contribution in [1.29, 1.82) is 0 Å². The fraction of sp³-hybridized carbons (Fsp3) is 1.00. The normalized spacial score (nSPS) is 13.1. The molecule has 0 aromatic heterocycles. The molecule has 0 aromatic rings. The van der Waals surface area contributed by atoms with Crippen LogP contribution < -0.4 is 5.32 Å². The third-order valence-electron chi connectivity index (χ3n) is 1.77. The molecule has 0 aliphatic carbocycles. The van der Waals surface area contributed by atoms with Gasteiger partial charge in [-0.3, -0.25) is 5.32 Å². The van der Waals surface area contributed by atoms with E-state index in [2.05, 4.69) is 5.32 Å². The minimum atomic E-state index is -1.19. The molecule has 0 radical (unpaired) electrons. The summed E-state index contributed by atoms with van der Waals surface area (Å²) in [6, 6.07) is 0. The molecular formula is C9H23NO4. The van der Waals surface area contributed by atoms with Crippen molar-refractivity contribution in [2.45, 2.75) is 39.0 Å². The highest BCUT2D eigenvalue weighted by atomic mass is 16.3. The van der Waals surface area contributed by atoms with Gasteiger partial charge in [-0.25, -0.2) is 0 Å². The number of rotatable bonds is 6. The second-order valence-corrected chi connectivity index (χ2v) is 2.82. The van der Waals surface area contributed by atoms with Gasteiger partial charge in [0.15, 0.2) is 0 Å². The van der Waals surface area contributed by atoms with Gasteiger partial charge in [-0.1, -0.05) is 20.8 Å². The lowest BCUT2D eigenvalue weighted by Crippen LogP contribution is -2.58. The van der Waals surface area contributed by atoms with Gasteiger partial charge in [-0.2, -0.15) is 0 Å². The zero-order valence-corrected chi connectivity index (χ0v) is 9.19. The molecule has 5 heteroatoms. The third-order valence-corrected chi connectivity index (χ3v) is 1.77. The van der Waals surface area contributed by atoms with Gasteiger partial charge < -0.3 is 20.4 Å². The maximum atomic E-state index is 9.14. The van der Waals surface area contributed by atoms with E-state index in [1.165, 1.54) is 0 Å². The van der Waals surface area contributed by atoms with Gasteiger partial charge >= 0.3 is 0 Å². The molecule has 0 aliphatic rings. The van der Waals surface area contributed by atoms with E-state index < -0.39 is 31.6 Å². The molecule has 0 rings (SSSR count). The second kappa shape index (κ2) is 9.36. The Bertz CT molecular complexity index is 109. The van der Waals surface area contributed by atoms with Crippen LogP contribution in [-0.4, -0.2) is 52.0 Å². The first-order chi connectivity index (χ1) is 6.64. The molecular weight excluding hydrogens is 186 g/mol. The van der Waals surface area contributed by atoms with Gasteiger partial charge in [0.05, 0.1) is 25.4 Å². The standard InChI is InChI=1S/C7H17NO4.C2H6/c1-2-6(12)8-7(3-9,4-10)5-11;1-2/h6,8-12H,2-5H2,1H3;1-2H3. The van der Waals surface area contributed by atoms with E-state index in [-0.39, 0.29) is 0 Å². The molecule has 0 aliphatic heterocycles. The van der Waals surface area contributed by atoms with Crippen LogP contribution in [0.2, 0.25) is 0 Å². The Kier molecular flexibility index (Phi) is 10.9. The van der Waals surface area contributed by atoms with Crippen molar-refractivity contribution < 1.29 is 20.4 Å². The zero-order chi connectivity index (χ0) is 11.6. The molecule has 14 heavy (non-hydrogen) atoms. The zero-order valence-electron chi connectivity index (χ0n) is 9.19. The number of aliphatic hydroxyl groups is 4. The van der Waals surface area contributed by atoms with Gasteiger partial charge in [0.1, 0.15) is 6.23 Å². The minimum absolute atomic E-state index is 0.420. The van der Waals surface area contributed by atoms with E-state index in [9.17, 15) is 0 Å². The Hall–Kier alpha value is -0.200.